The number of carbonyl (C=O) groups is 1. The van der Waals surface area contributed by atoms with Gasteiger partial charge in [0.05, 0.1) is 24.5 Å². The third-order valence-corrected chi connectivity index (χ3v) is 4.98. The molecule has 1 aromatic carbocycles. The van der Waals surface area contributed by atoms with Gasteiger partial charge in [0.25, 0.3) is 0 Å². The molecule has 0 spiro atoms. The summed E-state index contributed by atoms with van der Waals surface area (Å²) < 4.78 is 36.8. The van der Waals surface area contributed by atoms with Crippen molar-refractivity contribution in [2.75, 3.05) is 13.7 Å². The Morgan fingerprint density at radius 3 is 2.90 bits per heavy atom. The number of nitrogens with zero attached hydrogens (tertiary/aromatic N) is 3. The van der Waals surface area contributed by atoms with Crippen LogP contribution in [0.15, 0.2) is 35.9 Å². The predicted octanol–water partition coefficient (Wildman–Crippen LogP) is 4.38. The number of likely N-dealkylation sites (N-methyl/N-ethyl adjacent to an activating group) is 1. The topological polar surface area (TPSA) is 56.1 Å². The smallest absolute Gasteiger partial charge is 0.387 e. The molecule has 0 saturated carbocycles. The molecule has 0 radical (unpaired) electrons. The van der Waals surface area contributed by atoms with Crippen molar-refractivity contribution in [3.05, 3.63) is 52.8 Å². The first-order valence-electron chi connectivity index (χ1n) is 8.95. The number of alkyl halides is 2. The maximum absolute atomic E-state index is 12.5. The first-order chi connectivity index (χ1) is 13.9. The van der Waals surface area contributed by atoms with E-state index in [1.54, 1.807) is 48.4 Å². The molecule has 0 unspecified atom stereocenters. The number of hydrogen-bond acceptors (Lipinski definition) is 5. The average molecular weight is 421 g/mol. The second kappa shape index (κ2) is 9.04. The molecule has 29 heavy (non-hydrogen) atoms. The number of hydrogen-bond donors (Lipinski definition) is 0. The Balaban J connectivity index is 1.71. The molecule has 2 heterocycles. The first-order valence-corrected chi connectivity index (χ1v) is 9.83. The highest BCUT2D eigenvalue weighted by molar-refractivity contribution is 7.15. The molecule has 3 aromatic rings. The van der Waals surface area contributed by atoms with Crippen molar-refractivity contribution in [1.82, 2.24) is 14.3 Å². The fourth-order valence-corrected chi connectivity index (χ4v) is 3.60. The van der Waals surface area contributed by atoms with Gasteiger partial charge < -0.3 is 14.4 Å². The van der Waals surface area contributed by atoms with E-state index in [1.165, 1.54) is 12.1 Å². The lowest BCUT2D eigenvalue weighted by atomic mass is 10.2. The van der Waals surface area contributed by atoms with Crippen LogP contribution in [0.1, 0.15) is 23.9 Å². The highest BCUT2D eigenvalue weighted by Gasteiger charge is 2.14. The normalized spacial score (nSPS) is 11.5. The minimum absolute atomic E-state index is 0.0431. The molecular weight excluding hydrogens is 400 g/mol. The van der Waals surface area contributed by atoms with E-state index in [9.17, 15) is 13.6 Å². The molecule has 154 valence electrons. The van der Waals surface area contributed by atoms with Crippen LogP contribution in [0.2, 0.25) is 0 Å². The van der Waals surface area contributed by atoms with Gasteiger partial charge in [0.15, 0.2) is 16.5 Å². The summed E-state index contributed by atoms with van der Waals surface area (Å²) in [5.41, 5.74) is 2.48. The molecule has 0 atom stereocenters. The lowest BCUT2D eigenvalue weighted by Crippen LogP contribution is -2.25. The van der Waals surface area contributed by atoms with E-state index in [0.29, 0.717) is 18.7 Å². The number of aryl methyl sites for hydroxylation is 1. The van der Waals surface area contributed by atoms with E-state index in [4.69, 9.17) is 4.74 Å². The van der Waals surface area contributed by atoms with Gasteiger partial charge in [-0.1, -0.05) is 6.07 Å². The Kier molecular flexibility index (Phi) is 6.48. The molecule has 0 aliphatic rings. The molecule has 0 fully saturated rings. The fraction of sp³-hybridized carbons (Fsp3) is 0.300. The number of thiazole rings is 1. The summed E-state index contributed by atoms with van der Waals surface area (Å²) in [5, 5.41) is 1.95. The van der Waals surface area contributed by atoms with Gasteiger partial charge in [-0.3, -0.25) is 9.20 Å². The lowest BCUT2D eigenvalue weighted by Gasteiger charge is -2.15. The van der Waals surface area contributed by atoms with E-state index in [1.807, 2.05) is 22.9 Å². The van der Waals surface area contributed by atoms with E-state index < -0.39 is 6.61 Å². The fourth-order valence-electron chi connectivity index (χ4n) is 2.82. The van der Waals surface area contributed by atoms with Gasteiger partial charge in [-0.15, -0.1) is 11.3 Å². The van der Waals surface area contributed by atoms with Crippen LogP contribution >= 0.6 is 11.3 Å². The number of imidazole rings is 1. The van der Waals surface area contributed by atoms with E-state index in [2.05, 4.69) is 9.72 Å². The molecule has 0 saturated heterocycles. The largest absolute Gasteiger partial charge is 0.490 e. The lowest BCUT2D eigenvalue weighted by molar-refractivity contribution is -0.125. The summed E-state index contributed by atoms with van der Waals surface area (Å²) >= 11 is 1.54. The summed E-state index contributed by atoms with van der Waals surface area (Å²) in [5.74, 6) is -0.0376. The standard InChI is InChI=1S/C20H21F2N3O3S/c1-4-27-17-11-14(5-7-16(17)28-19(21)22)6-8-18(26)24(3)12-15-13(2)23-20-25(15)9-10-29-20/h5-11,19H,4,12H2,1-3H3/b8-6+. The van der Waals surface area contributed by atoms with Crippen molar-refractivity contribution < 1.29 is 23.0 Å². The second-order valence-electron chi connectivity index (χ2n) is 6.24. The Bertz CT molecular complexity index is 1030. The Morgan fingerprint density at radius 1 is 1.38 bits per heavy atom. The summed E-state index contributed by atoms with van der Waals surface area (Å²) in [6.07, 6.45) is 4.97. The molecule has 0 N–H and O–H groups in total. The molecule has 0 aliphatic carbocycles. The molecule has 3 rings (SSSR count). The predicted molar refractivity (Wildman–Crippen MR) is 108 cm³/mol. The summed E-state index contributed by atoms with van der Waals surface area (Å²) in [6.45, 7) is 1.44. The zero-order chi connectivity index (χ0) is 21.0. The molecule has 0 bridgehead atoms. The molecule has 6 nitrogen and oxygen atoms in total. The van der Waals surface area contributed by atoms with E-state index >= 15 is 0 Å². The number of halogens is 2. The van der Waals surface area contributed by atoms with Gasteiger partial charge in [0.2, 0.25) is 5.91 Å². The monoisotopic (exact) mass is 421 g/mol. The van der Waals surface area contributed by atoms with Crippen molar-refractivity contribution in [3.63, 3.8) is 0 Å². The number of fused-ring (bicyclic) bond motifs is 1. The summed E-state index contributed by atoms with van der Waals surface area (Å²) in [6, 6.07) is 4.54. The van der Waals surface area contributed by atoms with Gasteiger partial charge >= 0.3 is 6.61 Å². The third-order valence-electron chi connectivity index (χ3n) is 4.23. The van der Waals surface area contributed by atoms with Crippen molar-refractivity contribution in [3.8, 4) is 11.5 Å². The van der Waals surface area contributed by atoms with Crippen LogP contribution in [0, 0.1) is 6.92 Å². The Morgan fingerprint density at radius 2 is 2.17 bits per heavy atom. The van der Waals surface area contributed by atoms with Gasteiger partial charge in [0, 0.05) is 24.7 Å². The SMILES string of the molecule is CCOc1cc(/C=C/C(=O)N(C)Cc2c(C)nc3sccn23)ccc1OC(F)F. The first kappa shape index (κ1) is 20.8. The van der Waals surface area contributed by atoms with Crippen LogP contribution in [-0.4, -0.2) is 40.5 Å². The number of ether oxygens (including phenoxy) is 2. The van der Waals surface area contributed by atoms with Crippen LogP contribution in [-0.2, 0) is 11.3 Å². The van der Waals surface area contributed by atoms with Crippen LogP contribution < -0.4 is 9.47 Å². The van der Waals surface area contributed by atoms with Crippen molar-refractivity contribution in [2.45, 2.75) is 27.0 Å². The number of rotatable bonds is 8. The third kappa shape index (κ3) is 4.92. The van der Waals surface area contributed by atoms with Crippen molar-refractivity contribution in [1.29, 1.82) is 0 Å². The van der Waals surface area contributed by atoms with Gasteiger partial charge in [0.1, 0.15) is 0 Å². The molecular formula is C20H21F2N3O3S. The quantitative estimate of drug-likeness (QED) is 0.507. The average Bonchev–Trinajstić information content (AvgIpc) is 3.23. The molecule has 1 amide bonds. The van der Waals surface area contributed by atoms with Crippen LogP contribution in [0.25, 0.3) is 11.0 Å². The van der Waals surface area contributed by atoms with Crippen molar-refractivity contribution in [2.24, 2.45) is 0 Å². The minimum atomic E-state index is -2.94. The van der Waals surface area contributed by atoms with Crippen LogP contribution in [0.4, 0.5) is 8.78 Å². The van der Waals surface area contributed by atoms with Gasteiger partial charge in [-0.25, -0.2) is 4.98 Å². The van der Waals surface area contributed by atoms with Crippen LogP contribution in [0.5, 0.6) is 11.5 Å². The number of benzene rings is 1. The van der Waals surface area contributed by atoms with E-state index in [0.717, 1.165) is 16.3 Å². The molecule has 0 aliphatic heterocycles. The highest BCUT2D eigenvalue weighted by atomic mass is 32.1. The molecule has 2 aromatic heterocycles. The van der Waals surface area contributed by atoms with Gasteiger partial charge in [-0.2, -0.15) is 8.78 Å². The second-order valence-corrected chi connectivity index (χ2v) is 7.12. The number of carbonyl (C=O) groups excluding carboxylic acids is 1. The zero-order valence-corrected chi connectivity index (χ0v) is 17.1. The Labute approximate surface area is 171 Å². The molecule has 9 heteroatoms. The zero-order valence-electron chi connectivity index (χ0n) is 16.3. The maximum atomic E-state index is 12.5. The maximum Gasteiger partial charge on any atom is 0.387 e. The minimum Gasteiger partial charge on any atom is -0.490 e. The number of aromatic nitrogens is 2. The Hall–Kier alpha value is -2.94. The van der Waals surface area contributed by atoms with E-state index in [-0.39, 0.29) is 17.4 Å². The van der Waals surface area contributed by atoms with Gasteiger partial charge in [-0.05, 0) is 37.6 Å². The number of amides is 1. The van der Waals surface area contributed by atoms with Crippen molar-refractivity contribution >= 4 is 28.3 Å². The summed E-state index contributed by atoms with van der Waals surface area (Å²) in [4.78, 5) is 19.5. The highest BCUT2D eigenvalue weighted by Crippen LogP contribution is 2.30. The van der Waals surface area contributed by atoms with Crippen LogP contribution in [0.3, 0.4) is 0 Å². The summed E-state index contributed by atoms with van der Waals surface area (Å²) in [7, 11) is 1.71.